The van der Waals surface area contributed by atoms with Gasteiger partial charge in [-0.05, 0) is 25.7 Å². The Morgan fingerprint density at radius 2 is 2.07 bits per heavy atom. The number of benzene rings is 1. The molecule has 0 heterocycles. The van der Waals surface area contributed by atoms with Crippen molar-refractivity contribution in [2.24, 2.45) is 0 Å². The summed E-state index contributed by atoms with van der Waals surface area (Å²) in [7, 11) is 0. The standard InChI is InChI=1S/C11H13O.BrH.Zn/c1-2-6-10(7-3-1)12-11-8-4-5-9-11;;/h1-2,6-7,11H,4-5,8-9H2;1H;/q-1;;+2/p-1. The maximum Gasteiger partial charge on any atom is 0.0823 e. The molecule has 0 bridgehead atoms. The molecule has 72 valence electrons. The fourth-order valence-electron chi connectivity index (χ4n) is 1.65. The minimum Gasteiger partial charge on any atom is -0.548 e. The summed E-state index contributed by atoms with van der Waals surface area (Å²) in [6.45, 7) is 0. The van der Waals surface area contributed by atoms with Crippen LogP contribution in [0.2, 0.25) is 0 Å². The van der Waals surface area contributed by atoms with Crippen molar-refractivity contribution in [2.75, 3.05) is 0 Å². The van der Waals surface area contributed by atoms with E-state index in [2.05, 4.69) is 19.7 Å². The minimum absolute atomic E-state index is 0.459. The molecule has 0 amide bonds. The summed E-state index contributed by atoms with van der Waals surface area (Å²) >= 11 is 4.25. The summed E-state index contributed by atoms with van der Waals surface area (Å²) in [6, 6.07) is 10.8. The molecule has 1 fully saturated rings. The van der Waals surface area contributed by atoms with Gasteiger partial charge in [0.05, 0.1) is 6.10 Å². The molecule has 1 nitrogen and oxygen atoms in total. The van der Waals surface area contributed by atoms with Gasteiger partial charge in [-0.3, -0.25) is 0 Å². The van der Waals surface area contributed by atoms with Crippen molar-refractivity contribution in [3.05, 3.63) is 30.3 Å². The van der Waals surface area contributed by atoms with E-state index in [0.29, 0.717) is 6.10 Å². The Bertz CT molecular complexity index is 234. The van der Waals surface area contributed by atoms with E-state index in [1.54, 1.807) is 0 Å². The van der Waals surface area contributed by atoms with Crippen LogP contribution in [0.5, 0.6) is 5.75 Å². The molecular weight excluding hydrogens is 293 g/mol. The van der Waals surface area contributed by atoms with Crippen molar-refractivity contribution >= 4 is 13.6 Å². The summed E-state index contributed by atoms with van der Waals surface area (Å²) in [5.74, 6) is 0.962. The molecule has 3 heteroatoms. The number of halogens is 1. The van der Waals surface area contributed by atoms with E-state index in [1.807, 2.05) is 24.3 Å². The summed E-state index contributed by atoms with van der Waals surface area (Å²) in [5.41, 5.74) is 0. The molecule has 14 heavy (non-hydrogen) atoms. The summed E-state index contributed by atoms with van der Waals surface area (Å²) in [5, 5.41) is 0. The largest absolute Gasteiger partial charge is 0.548 e. The monoisotopic (exact) mass is 304 g/mol. The van der Waals surface area contributed by atoms with Gasteiger partial charge in [-0.2, -0.15) is 18.2 Å². The molecule has 0 N–H and O–H groups in total. The normalized spacial score (nSPS) is 15.9. The van der Waals surface area contributed by atoms with E-state index < -0.39 is 0 Å². The smallest absolute Gasteiger partial charge is 0.0823 e. The molecule has 2 rings (SSSR count). The average molecular weight is 307 g/mol. The first-order valence-electron chi connectivity index (χ1n) is 4.84. The van der Waals surface area contributed by atoms with Gasteiger partial charge >= 0.3 is 30.0 Å². The third kappa shape index (κ3) is 4.10. The number of hydrogen-bond acceptors (Lipinski definition) is 1. The van der Waals surface area contributed by atoms with Crippen LogP contribution in [-0.4, -0.2) is 6.10 Å². The number of rotatable bonds is 2. The predicted octanol–water partition coefficient (Wildman–Crippen LogP) is 3.65. The van der Waals surface area contributed by atoms with Crippen molar-refractivity contribution in [1.29, 1.82) is 0 Å². The molecule has 0 radical (unpaired) electrons. The van der Waals surface area contributed by atoms with Crippen LogP contribution in [0, 0.1) is 6.07 Å². The summed E-state index contributed by atoms with van der Waals surface area (Å²) in [6.07, 6.45) is 5.53. The van der Waals surface area contributed by atoms with Gasteiger partial charge in [0, 0.05) is 5.75 Å². The van der Waals surface area contributed by atoms with Gasteiger partial charge in [-0.1, -0.05) is 0 Å². The van der Waals surface area contributed by atoms with Gasteiger partial charge in [-0.15, -0.1) is 12.1 Å². The average Bonchev–Trinajstić information content (AvgIpc) is 2.75. The molecule has 1 aliphatic rings. The maximum atomic E-state index is 5.74. The Morgan fingerprint density at radius 1 is 1.36 bits per heavy atom. The molecule has 0 aromatic heterocycles. The molecule has 0 atom stereocenters. The van der Waals surface area contributed by atoms with Crippen LogP contribution in [0.15, 0.2) is 24.3 Å². The van der Waals surface area contributed by atoms with Crippen LogP contribution in [0.3, 0.4) is 0 Å². The maximum absolute atomic E-state index is 5.74. The topological polar surface area (TPSA) is 9.23 Å². The first kappa shape index (κ1) is 12.2. The van der Waals surface area contributed by atoms with E-state index in [9.17, 15) is 0 Å². The Hall–Kier alpha value is 0.123. The Labute approximate surface area is 102 Å². The van der Waals surface area contributed by atoms with Gasteiger partial charge in [0.15, 0.2) is 0 Å². The number of ether oxygens (including phenoxy) is 1. The number of hydrogen-bond donors (Lipinski definition) is 0. The van der Waals surface area contributed by atoms with Crippen LogP contribution >= 0.6 is 13.6 Å². The summed E-state index contributed by atoms with van der Waals surface area (Å²) < 4.78 is 5.74. The van der Waals surface area contributed by atoms with Crippen LogP contribution in [0.1, 0.15) is 25.7 Å². The zero-order valence-electron chi connectivity index (χ0n) is 8.21. The van der Waals surface area contributed by atoms with Gasteiger partial charge in [0.25, 0.3) is 0 Å². The van der Waals surface area contributed by atoms with Crippen molar-refractivity contribution in [3.8, 4) is 5.75 Å². The molecular formula is C11H13BrOZn. The van der Waals surface area contributed by atoms with Crippen LogP contribution < -0.4 is 4.74 Å². The fourth-order valence-corrected chi connectivity index (χ4v) is 1.65. The Morgan fingerprint density at radius 3 is 2.64 bits per heavy atom. The van der Waals surface area contributed by atoms with Gasteiger partial charge in [0.2, 0.25) is 0 Å². The predicted molar refractivity (Wildman–Crippen MR) is 57.1 cm³/mol. The quantitative estimate of drug-likeness (QED) is 0.598. The van der Waals surface area contributed by atoms with Crippen LogP contribution in [0.25, 0.3) is 0 Å². The molecule has 1 aromatic rings. The first-order chi connectivity index (χ1) is 6.95. The SMILES string of the molecule is [Zn+][Br].[c-]1cccc(OC2CCCC2)c1. The van der Waals surface area contributed by atoms with E-state index >= 15 is 0 Å². The molecule has 1 aromatic carbocycles. The zero-order valence-corrected chi connectivity index (χ0v) is 12.8. The van der Waals surface area contributed by atoms with E-state index in [0.717, 1.165) is 5.75 Å². The first-order valence-corrected chi connectivity index (χ1v) is 11.8. The molecule has 0 saturated heterocycles. The van der Waals surface area contributed by atoms with E-state index in [4.69, 9.17) is 4.74 Å². The second kappa shape index (κ2) is 7.42. The third-order valence-electron chi connectivity index (χ3n) is 2.28. The minimum atomic E-state index is 0.459. The fraction of sp³-hybridized carbons (Fsp3) is 0.455. The van der Waals surface area contributed by atoms with Crippen LogP contribution in [-0.2, 0) is 16.3 Å². The van der Waals surface area contributed by atoms with Crippen molar-refractivity contribution in [1.82, 2.24) is 0 Å². The van der Waals surface area contributed by atoms with Gasteiger partial charge in [-0.25, -0.2) is 0 Å². The van der Waals surface area contributed by atoms with Crippen molar-refractivity contribution in [2.45, 2.75) is 31.8 Å². The molecule has 0 spiro atoms. The van der Waals surface area contributed by atoms with E-state index in [1.165, 1.54) is 42.0 Å². The molecule has 0 aliphatic heterocycles. The Kier molecular flexibility index (Phi) is 6.46. The van der Waals surface area contributed by atoms with Gasteiger partial charge < -0.3 is 4.74 Å². The summed E-state index contributed by atoms with van der Waals surface area (Å²) in [4.78, 5) is 0. The zero-order chi connectivity index (χ0) is 10.2. The second-order valence-electron chi connectivity index (χ2n) is 3.26. The molecule has 1 saturated carbocycles. The van der Waals surface area contributed by atoms with Crippen molar-refractivity contribution < 1.29 is 21.1 Å². The third-order valence-corrected chi connectivity index (χ3v) is 2.28. The van der Waals surface area contributed by atoms with Crippen molar-refractivity contribution in [3.63, 3.8) is 0 Å². The molecule has 1 aliphatic carbocycles. The molecule has 0 unspecified atom stereocenters. The second-order valence-corrected chi connectivity index (χ2v) is 3.26. The van der Waals surface area contributed by atoms with Gasteiger partial charge in [0.1, 0.15) is 0 Å². The van der Waals surface area contributed by atoms with E-state index in [-0.39, 0.29) is 0 Å². The Balaban J connectivity index is 0.000000461. The van der Waals surface area contributed by atoms with Crippen LogP contribution in [0.4, 0.5) is 0 Å².